The van der Waals surface area contributed by atoms with Crippen molar-refractivity contribution >= 4 is 23.3 Å². The fourth-order valence-corrected chi connectivity index (χ4v) is 5.08. The molecule has 6 rings (SSSR count). The van der Waals surface area contributed by atoms with Crippen LogP contribution in [0.5, 0.6) is 0 Å². The Balaban J connectivity index is 1.33. The van der Waals surface area contributed by atoms with Crippen LogP contribution in [0.25, 0.3) is 16.8 Å². The summed E-state index contributed by atoms with van der Waals surface area (Å²) in [5.74, 6) is 1.13. The van der Waals surface area contributed by atoms with E-state index in [1.54, 1.807) is 23.1 Å². The highest BCUT2D eigenvalue weighted by molar-refractivity contribution is 5.91. The van der Waals surface area contributed by atoms with Crippen molar-refractivity contribution in [2.45, 2.75) is 43.7 Å². The van der Waals surface area contributed by atoms with Crippen molar-refractivity contribution in [2.24, 2.45) is 0 Å². The van der Waals surface area contributed by atoms with E-state index in [9.17, 15) is 4.79 Å². The van der Waals surface area contributed by atoms with Gasteiger partial charge in [-0.1, -0.05) is 0 Å². The number of H-pyrrole nitrogens is 1. The second kappa shape index (κ2) is 6.97. The van der Waals surface area contributed by atoms with E-state index in [-0.39, 0.29) is 29.9 Å². The molecule has 0 spiro atoms. The number of aromatic nitrogens is 8. The van der Waals surface area contributed by atoms with E-state index >= 15 is 0 Å². The van der Waals surface area contributed by atoms with Crippen molar-refractivity contribution in [3.8, 4) is 11.1 Å². The minimum absolute atomic E-state index is 0.0854. The average Bonchev–Trinajstić information content (AvgIpc) is 3.52. The van der Waals surface area contributed by atoms with E-state index in [2.05, 4.69) is 30.2 Å². The molecule has 2 bridgehead atoms. The Labute approximate surface area is 182 Å². The Kier molecular flexibility index (Phi) is 4.06. The molecule has 12 nitrogen and oxygen atoms in total. The van der Waals surface area contributed by atoms with Crippen molar-refractivity contribution in [3.05, 3.63) is 42.5 Å². The van der Waals surface area contributed by atoms with E-state index in [1.165, 1.54) is 6.33 Å². The molecule has 2 saturated heterocycles. The molecule has 2 unspecified atom stereocenters. The number of aromatic amines is 1. The first-order chi connectivity index (χ1) is 15.6. The van der Waals surface area contributed by atoms with Gasteiger partial charge in [-0.25, -0.2) is 19.9 Å². The smallest absolute Gasteiger partial charge is 0.291 e. The monoisotopic (exact) mass is 431 g/mol. The summed E-state index contributed by atoms with van der Waals surface area (Å²) in [5.41, 5.74) is 15.1. The van der Waals surface area contributed by atoms with Gasteiger partial charge in [0.15, 0.2) is 5.65 Å². The van der Waals surface area contributed by atoms with Crippen molar-refractivity contribution in [1.29, 1.82) is 0 Å². The molecule has 4 aromatic rings. The van der Waals surface area contributed by atoms with Crippen LogP contribution in [0, 0.1) is 0 Å². The van der Waals surface area contributed by atoms with Gasteiger partial charge in [0.25, 0.3) is 5.91 Å². The SMILES string of the molecule is Nc1ncc(-c2cnn3c(N)cc(C4CC5CC[C@@H](C4)N5C(=O)c4ncn[nH]4)nc23)cn1. The van der Waals surface area contributed by atoms with Crippen LogP contribution in [-0.4, -0.2) is 62.6 Å². The lowest BCUT2D eigenvalue weighted by atomic mass is 9.87. The summed E-state index contributed by atoms with van der Waals surface area (Å²) in [5, 5.41) is 10.9. The summed E-state index contributed by atoms with van der Waals surface area (Å²) in [6.07, 6.45) is 9.97. The Morgan fingerprint density at radius 1 is 1.06 bits per heavy atom. The van der Waals surface area contributed by atoms with Crippen LogP contribution in [0.2, 0.25) is 0 Å². The summed E-state index contributed by atoms with van der Waals surface area (Å²) >= 11 is 0. The summed E-state index contributed by atoms with van der Waals surface area (Å²) in [4.78, 5) is 32.0. The van der Waals surface area contributed by atoms with Gasteiger partial charge in [-0.2, -0.15) is 14.7 Å². The predicted octanol–water partition coefficient (Wildman–Crippen LogP) is 1.02. The first-order valence-corrected chi connectivity index (χ1v) is 10.5. The number of amides is 1. The third-order valence-corrected chi connectivity index (χ3v) is 6.51. The lowest BCUT2D eigenvalue weighted by molar-refractivity contribution is 0.0557. The van der Waals surface area contributed by atoms with Gasteiger partial charge in [0, 0.05) is 53.3 Å². The Morgan fingerprint density at radius 3 is 2.50 bits per heavy atom. The molecule has 32 heavy (non-hydrogen) atoms. The fourth-order valence-electron chi connectivity index (χ4n) is 5.08. The van der Waals surface area contributed by atoms with Gasteiger partial charge in [-0.3, -0.25) is 9.89 Å². The topological polar surface area (TPSA) is 170 Å². The molecule has 0 aromatic carbocycles. The summed E-state index contributed by atoms with van der Waals surface area (Å²) < 4.78 is 1.62. The lowest BCUT2D eigenvalue weighted by Gasteiger charge is -2.38. The summed E-state index contributed by atoms with van der Waals surface area (Å²) in [7, 11) is 0. The highest BCUT2D eigenvalue weighted by Crippen LogP contribution is 2.43. The quantitative estimate of drug-likeness (QED) is 0.428. The third kappa shape index (κ3) is 2.87. The molecule has 3 atom stereocenters. The number of hydrogen-bond acceptors (Lipinski definition) is 9. The van der Waals surface area contributed by atoms with Crippen LogP contribution in [0.4, 0.5) is 11.8 Å². The van der Waals surface area contributed by atoms with E-state index in [0.29, 0.717) is 17.3 Å². The maximum atomic E-state index is 12.9. The zero-order valence-corrected chi connectivity index (χ0v) is 17.1. The lowest BCUT2D eigenvalue weighted by Crippen LogP contribution is -2.46. The average molecular weight is 431 g/mol. The van der Waals surface area contributed by atoms with Gasteiger partial charge in [0.05, 0.1) is 6.20 Å². The molecular weight excluding hydrogens is 410 g/mol. The molecule has 4 aromatic heterocycles. The first kappa shape index (κ1) is 18.7. The van der Waals surface area contributed by atoms with Gasteiger partial charge in [-0.15, -0.1) is 0 Å². The number of nitrogen functional groups attached to an aromatic ring is 2. The van der Waals surface area contributed by atoms with E-state index in [1.807, 2.05) is 11.0 Å². The number of anilines is 2. The van der Waals surface area contributed by atoms with Gasteiger partial charge in [-0.05, 0) is 25.7 Å². The standard InChI is InChI=1S/C20H21N11O/c21-16-5-15(28-18-14(8-27-31(16)18)11-6-23-20(22)24-7-11)10-3-12-1-2-13(4-10)30(12)19(32)17-25-9-26-29-17/h5-10,12-13H,1-4,21H2,(H2,22,23,24)(H,25,26,29)/t10?,12-,13?/m0/s1. The Bertz CT molecular complexity index is 1280. The summed E-state index contributed by atoms with van der Waals surface area (Å²) in [6.45, 7) is 0. The normalized spacial score (nSPS) is 22.5. The van der Waals surface area contributed by atoms with Crippen molar-refractivity contribution in [3.63, 3.8) is 0 Å². The molecule has 6 heterocycles. The highest BCUT2D eigenvalue weighted by Gasteiger charge is 2.45. The molecule has 0 saturated carbocycles. The maximum absolute atomic E-state index is 12.9. The molecular formula is C20H21N11O. The van der Waals surface area contributed by atoms with Crippen molar-refractivity contribution < 1.29 is 4.79 Å². The number of piperidine rings is 1. The first-order valence-electron chi connectivity index (χ1n) is 10.5. The van der Waals surface area contributed by atoms with E-state index < -0.39 is 0 Å². The second-order valence-electron chi connectivity index (χ2n) is 8.33. The van der Waals surface area contributed by atoms with Gasteiger partial charge in [0.2, 0.25) is 11.8 Å². The molecule has 1 amide bonds. The predicted molar refractivity (Wildman–Crippen MR) is 114 cm³/mol. The number of hydrogen-bond donors (Lipinski definition) is 3. The van der Waals surface area contributed by atoms with Crippen LogP contribution < -0.4 is 11.5 Å². The molecule has 2 aliphatic rings. The maximum Gasteiger partial charge on any atom is 0.291 e. The zero-order valence-electron chi connectivity index (χ0n) is 17.1. The van der Waals surface area contributed by atoms with Gasteiger partial charge >= 0.3 is 0 Å². The molecule has 5 N–H and O–H groups in total. The molecule has 12 heteroatoms. The number of carbonyl (C=O) groups is 1. The van der Waals surface area contributed by atoms with Gasteiger partial charge < -0.3 is 16.4 Å². The molecule has 2 fully saturated rings. The minimum atomic E-state index is -0.0854. The number of nitrogens with zero attached hydrogens (tertiary/aromatic N) is 8. The largest absolute Gasteiger partial charge is 0.384 e. The zero-order chi connectivity index (χ0) is 21.8. The van der Waals surface area contributed by atoms with Crippen LogP contribution >= 0.6 is 0 Å². The number of fused-ring (bicyclic) bond motifs is 3. The molecule has 0 radical (unpaired) electrons. The third-order valence-electron chi connectivity index (χ3n) is 6.51. The Hall–Kier alpha value is -4.09. The van der Waals surface area contributed by atoms with E-state index in [4.69, 9.17) is 16.5 Å². The van der Waals surface area contributed by atoms with Crippen LogP contribution in [0.3, 0.4) is 0 Å². The van der Waals surface area contributed by atoms with Gasteiger partial charge in [0.1, 0.15) is 12.1 Å². The number of nitrogens with one attached hydrogen (secondary N) is 1. The fraction of sp³-hybridized carbons (Fsp3) is 0.350. The van der Waals surface area contributed by atoms with Crippen LogP contribution in [0.1, 0.15) is 47.9 Å². The number of carbonyl (C=O) groups excluding carboxylic acids is 1. The summed E-state index contributed by atoms with van der Waals surface area (Å²) in [6, 6.07) is 2.18. The minimum Gasteiger partial charge on any atom is -0.384 e. The van der Waals surface area contributed by atoms with E-state index in [0.717, 1.165) is 42.5 Å². The van der Waals surface area contributed by atoms with Crippen molar-refractivity contribution in [2.75, 3.05) is 11.5 Å². The second-order valence-corrected chi connectivity index (χ2v) is 8.33. The highest BCUT2D eigenvalue weighted by atomic mass is 16.2. The van der Waals surface area contributed by atoms with Crippen molar-refractivity contribution in [1.82, 2.24) is 44.6 Å². The number of nitrogens with two attached hydrogens (primary N) is 2. The molecule has 0 aliphatic carbocycles. The molecule has 162 valence electrons. The Morgan fingerprint density at radius 2 is 1.81 bits per heavy atom. The number of rotatable bonds is 3. The van der Waals surface area contributed by atoms with Crippen LogP contribution in [0.15, 0.2) is 31.0 Å². The molecule has 2 aliphatic heterocycles. The van der Waals surface area contributed by atoms with Crippen LogP contribution in [-0.2, 0) is 0 Å².